The van der Waals surface area contributed by atoms with Gasteiger partial charge in [-0.05, 0) is 43.0 Å². The van der Waals surface area contributed by atoms with Gasteiger partial charge in [0.2, 0.25) is 0 Å². The molecule has 1 heterocycles. The molecule has 0 bridgehead atoms. The molecule has 0 amide bonds. The van der Waals surface area contributed by atoms with Crippen LogP contribution in [-0.2, 0) is 0 Å². The van der Waals surface area contributed by atoms with Crippen molar-refractivity contribution in [3.05, 3.63) is 24.3 Å². The van der Waals surface area contributed by atoms with E-state index < -0.39 is 0 Å². The van der Waals surface area contributed by atoms with Crippen molar-refractivity contribution >= 4 is 33.3 Å². The molecule has 0 fully saturated rings. The third-order valence-corrected chi connectivity index (χ3v) is 4.01. The number of phenols is 1. The van der Waals surface area contributed by atoms with E-state index in [1.54, 1.807) is 12.1 Å². The molecule has 0 unspecified atom stereocenters. The first kappa shape index (κ1) is 15.3. The maximum absolute atomic E-state index is 9.71. The van der Waals surface area contributed by atoms with E-state index in [1.165, 1.54) is 0 Å². The molecule has 0 aliphatic carbocycles. The molecule has 0 aliphatic rings. The highest BCUT2D eigenvalue weighted by atomic mass is 16.5. The summed E-state index contributed by atoms with van der Waals surface area (Å²) in [6, 6.07) is 7.09. The number of furan rings is 1. The third kappa shape index (κ3) is 2.74. The Morgan fingerprint density at radius 1 is 1.04 bits per heavy atom. The predicted octanol–water partition coefficient (Wildman–Crippen LogP) is 4.27. The van der Waals surface area contributed by atoms with Gasteiger partial charge in [-0.1, -0.05) is 13.8 Å². The largest absolute Gasteiger partial charge is 0.506 e. The molecule has 0 atom stereocenters. The summed E-state index contributed by atoms with van der Waals surface area (Å²) in [5.41, 5.74) is 13.7. The van der Waals surface area contributed by atoms with Gasteiger partial charge >= 0.3 is 0 Å². The Balaban J connectivity index is 1.96. The molecule has 5 N–H and O–H groups in total. The highest BCUT2D eigenvalue weighted by molar-refractivity contribution is 6.12. The summed E-state index contributed by atoms with van der Waals surface area (Å²) in [4.78, 5) is 0. The Morgan fingerprint density at radius 3 is 2.39 bits per heavy atom. The lowest BCUT2D eigenvalue weighted by molar-refractivity contribution is 0.299. The van der Waals surface area contributed by atoms with Crippen LogP contribution in [0.1, 0.15) is 26.7 Å². The summed E-state index contributed by atoms with van der Waals surface area (Å²) in [5, 5.41) is 11.4. The quantitative estimate of drug-likeness (QED) is 0.371. The molecule has 5 heteroatoms. The zero-order valence-electron chi connectivity index (χ0n) is 13.4. The van der Waals surface area contributed by atoms with E-state index in [0.717, 1.165) is 23.6 Å². The molecule has 1 aromatic heterocycles. The van der Waals surface area contributed by atoms with Gasteiger partial charge in [-0.2, -0.15) is 0 Å². The van der Waals surface area contributed by atoms with E-state index >= 15 is 0 Å². The fraction of sp³-hybridized carbons (Fsp3) is 0.333. The monoisotopic (exact) mass is 314 g/mol. The first-order valence-corrected chi connectivity index (χ1v) is 7.84. The fourth-order valence-corrected chi connectivity index (χ4v) is 2.72. The van der Waals surface area contributed by atoms with Crippen LogP contribution in [-0.4, -0.2) is 11.7 Å². The summed E-state index contributed by atoms with van der Waals surface area (Å²) < 4.78 is 11.6. The third-order valence-electron chi connectivity index (χ3n) is 4.01. The Hall–Kier alpha value is -2.56. The van der Waals surface area contributed by atoms with E-state index in [1.807, 2.05) is 12.1 Å². The lowest BCUT2D eigenvalue weighted by atomic mass is 10.1. The van der Waals surface area contributed by atoms with Crippen LogP contribution in [0.4, 0.5) is 11.4 Å². The average molecular weight is 314 g/mol. The van der Waals surface area contributed by atoms with Crippen molar-refractivity contribution in [2.75, 3.05) is 18.1 Å². The zero-order valence-corrected chi connectivity index (χ0v) is 13.4. The second kappa shape index (κ2) is 5.91. The van der Waals surface area contributed by atoms with E-state index in [2.05, 4.69) is 13.8 Å². The van der Waals surface area contributed by atoms with Gasteiger partial charge in [-0.15, -0.1) is 0 Å². The van der Waals surface area contributed by atoms with E-state index in [0.29, 0.717) is 35.1 Å². The summed E-state index contributed by atoms with van der Waals surface area (Å²) in [6.07, 6.45) is 2.10. The Bertz CT molecular complexity index is 852. The fourth-order valence-electron chi connectivity index (χ4n) is 2.72. The van der Waals surface area contributed by atoms with Crippen LogP contribution in [0.2, 0.25) is 0 Å². The van der Waals surface area contributed by atoms with Crippen molar-refractivity contribution in [2.24, 2.45) is 5.92 Å². The summed E-state index contributed by atoms with van der Waals surface area (Å²) in [7, 11) is 0. The minimum atomic E-state index is 0.000265. The van der Waals surface area contributed by atoms with Gasteiger partial charge in [-0.3, -0.25) is 0 Å². The normalized spacial score (nSPS) is 11.6. The van der Waals surface area contributed by atoms with Crippen LogP contribution in [0.5, 0.6) is 11.5 Å². The first-order valence-electron chi connectivity index (χ1n) is 7.84. The van der Waals surface area contributed by atoms with Crippen LogP contribution >= 0.6 is 0 Å². The number of benzene rings is 2. The van der Waals surface area contributed by atoms with Gasteiger partial charge in [0.25, 0.3) is 0 Å². The van der Waals surface area contributed by atoms with E-state index in [9.17, 15) is 5.11 Å². The van der Waals surface area contributed by atoms with Crippen LogP contribution in [0.25, 0.3) is 21.9 Å². The highest BCUT2D eigenvalue weighted by Crippen LogP contribution is 2.41. The molecule has 0 spiro atoms. The molecule has 0 saturated carbocycles. The Labute approximate surface area is 134 Å². The summed E-state index contributed by atoms with van der Waals surface area (Å²) in [6.45, 7) is 5.00. The van der Waals surface area contributed by atoms with Crippen molar-refractivity contribution in [1.82, 2.24) is 0 Å². The molecule has 0 aliphatic heterocycles. The van der Waals surface area contributed by atoms with Crippen molar-refractivity contribution in [1.29, 1.82) is 0 Å². The minimum absolute atomic E-state index is 0.000265. The van der Waals surface area contributed by atoms with Gasteiger partial charge in [-0.25, -0.2) is 0 Å². The number of rotatable bonds is 5. The number of ether oxygens (including phenoxy) is 1. The van der Waals surface area contributed by atoms with Crippen molar-refractivity contribution in [3.63, 3.8) is 0 Å². The van der Waals surface area contributed by atoms with Crippen molar-refractivity contribution < 1.29 is 14.3 Å². The number of hydrogen-bond donors (Lipinski definition) is 3. The van der Waals surface area contributed by atoms with Crippen LogP contribution in [0.3, 0.4) is 0 Å². The van der Waals surface area contributed by atoms with Gasteiger partial charge < -0.3 is 25.7 Å². The zero-order chi connectivity index (χ0) is 16.6. The second-order valence-corrected chi connectivity index (χ2v) is 6.22. The number of nitrogen functional groups attached to an aromatic ring is 2. The van der Waals surface area contributed by atoms with Gasteiger partial charge in [0, 0.05) is 10.8 Å². The number of phenolic OH excluding ortho intramolecular Hbond substituents is 1. The molecule has 0 radical (unpaired) electrons. The molecule has 3 aromatic rings. The number of nitrogens with two attached hydrogens (primary N) is 2. The van der Waals surface area contributed by atoms with Crippen LogP contribution in [0, 0.1) is 5.92 Å². The average Bonchev–Trinajstić information content (AvgIpc) is 2.89. The lowest BCUT2D eigenvalue weighted by Crippen LogP contribution is -2.02. The number of aromatic hydroxyl groups is 1. The summed E-state index contributed by atoms with van der Waals surface area (Å²) in [5.74, 6) is 1.27. The smallest absolute Gasteiger partial charge is 0.162 e. The van der Waals surface area contributed by atoms with Crippen LogP contribution in [0.15, 0.2) is 28.7 Å². The minimum Gasteiger partial charge on any atom is -0.506 e. The Kier molecular flexibility index (Phi) is 3.94. The van der Waals surface area contributed by atoms with Gasteiger partial charge in [0.05, 0.1) is 6.61 Å². The molecule has 2 aromatic carbocycles. The number of hydrogen-bond acceptors (Lipinski definition) is 5. The van der Waals surface area contributed by atoms with E-state index in [4.69, 9.17) is 20.6 Å². The maximum Gasteiger partial charge on any atom is 0.162 e. The number of anilines is 2. The van der Waals surface area contributed by atoms with Crippen molar-refractivity contribution in [2.45, 2.75) is 26.7 Å². The highest BCUT2D eigenvalue weighted by Gasteiger charge is 2.16. The van der Waals surface area contributed by atoms with Gasteiger partial charge in [0.1, 0.15) is 22.9 Å². The van der Waals surface area contributed by atoms with Crippen LogP contribution < -0.4 is 16.2 Å². The Morgan fingerprint density at radius 2 is 1.70 bits per heavy atom. The van der Waals surface area contributed by atoms with E-state index in [-0.39, 0.29) is 11.4 Å². The molecule has 23 heavy (non-hydrogen) atoms. The lowest BCUT2D eigenvalue weighted by Gasteiger charge is -2.09. The standard InChI is InChI=1S/C18H22N2O3/c1-10(2)4-3-9-22-14-8-6-12-11-5-7-13(21)15(19)17(11)23-18(12)16(14)20/h5-8,10,21H,3-4,9,19-20H2,1-2H3. The SMILES string of the molecule is CC(C)CCCOc1ccc2c(oc3c(N)c(O)ccc32)c1N. The van der Waals surface area contributed by atoms with Gasteiger partial charge in [0.15, 0.2) is 11.2 Å². The molecular weight excluding hydrogens is 292 g/mol. The van der Waals surface area contributed by atoms with Crippen molar-refractivity contribution in [3.8, 4) is 11.5 Å². The molecule has 3 rings (SSSR count). The topological polar surface area (TPSA) is 94.6 Å². The molecule has 0 saturated heterocycles. The molecule has 122 valence electrons. The predicted molar refractivity (Wildman–Crippen MR) is 93.8 cm³/mol. The molecular formula is C18H22N2O3. The second-order valence-electron chi connectivity index (χ2n) is 6.22. The maximum atomic E-state index is 9.71. The first-order chi connectivity index (χ1) is 11.0. The number of fused-ring (bicyclic) bond motifs is 3. The molecule has 5 nitrogen and oxygen atoms in total. The summed E-state index contributed by atoms with van der Waals surface area (Å²) >= 11 is 0.